The largest absolute Gasteiger partial charge is 2.00 e. The molecule has 0 saturated heterocycles. The molecule has 1 aromatic rings. The Labute approximate surface area is 140 Å². The number of hydrogen-bond acceptors (Lipinski definition) is 0. The van der Waals surface area contributed by atoms with Gasteiger partial charge in [0.15, 0.2) is 0 Å². The fourth-order valence-electron chi connectivity index (χ4n) is 1.68. The summed E-state index contributed by atoms with van der Waals surface area (Å²) in [6, 6.07) is 9.98. The molecular weight excluding hydrogens is 276 g/mol. The molecule has 1 heteroatoms. The standard InChI is InChI=1S/C14H21.C5H5.Ti/c1-13(2,3)11-8-7-9-12(10-11)14(4,5)6;1-2-4-5-3-1;/h7-9H,1-6H3;1-3H,4H2;/q2*-1;+2. The maximum absolute atomic E-state index is 3.52. The normalized spacial score (nSPS) is 13.5. The third kappa shape index (κ3) is 6.72. The minimum Gasteiger partial charge on any atom is -0.273 e. The van der Waals surface area contributed by atoms with Gasteiger partial charge >= 0.3 is 21.7 Å². The van der Waals surface area contributed by atoms with Gasteiger partial charge in [0.25, 0.3) is 0 Å². The molecule has 0 bridgehead atoms. The molecule has 0 heterocycles. The number of hydrogen-bond donors (Lipinski definition) is 0. The fraction of sp³-hybridized carbons (Fsp3) is 0.474. The van der Waals surface area contributed by atoms with Gasteiger partial charge in [-0.3, -0.25) is 6.08 Å². The van der Waals surface area contributed by atoms with E-state index < -0.39 is 0 Å². The van der Waals surface area contributed by atoms with E-state index in [-0.39, 0.29) is 32.5 Å². The van der Waals surface area contributed by atoms with Crippen molar-refractivity contribution >= 4 is 0 Å². The fourth-order valence-corrected chi connectivity index (χ4v) is 1.68. The molecule has 1 aliphatic rings. The summed E-state index contributed by atoms with van der Waals surface area (Å²) in [7, 11) is 0. The van der Waals surface area contributed by atoms with Gasteiger partial charge in [-0.2, -0.15) is 41.5 Å². The second kappa shape index (κ2) is 8.00. The zero-order valence-corrected chi connectivity index (χ0v) is 15.2. The van der Waals surface area contributed by atoms with E-state index in [0.717, 1.165) is 6.42 Å². The van der Waals surface area contributed by atoms with E-state index in [9.17, 15) is 0 Å². The van der Waals surface area contributed by atoms with Gasteiger partial charge in [-0.15, -0.1) is 6.42 Å². The molecule has 1 aromatic carbocycles. The van der Waals surface area contributed by atoms with Crippen LogP contribution >= 0.6 is 0 Å². The Hall–Kier alpha value is -0.586. The van der Waals surface area contributed by atoms with Crippen LogP contribution in [0.3, 0.4) is 0 Å². The van der Waals surface area contributed by atoms with Crippen molar-refractivity contribution in [2.45, 2.75) is 58.8 Å². The maximum Gasteiger partial charge on any atom is 2.00 e. The summed E-state index contributed by atoms with van der Waals surface area (Å²) in [5.74, 6) is 0. The molecule has 0 N–H and O–H groups in total. The van der Waals surface area contributed by atoms with Crippen LogP contribution in [0.4, 0.5) is 0 Å². The Kier molecular flexibility index (Phi) is 7.77. The Morgan fingerprint density at radius 1 is 0.900 bits per heavy atom. The van der Waals surface area contributed by atoms with Gasteiger partial charge in [-0.25, -0.2) is 12.2 Å². The van der Waals surface area contributed by atoms with E-state index in [2.05, 4.69) is 78.0 Å². The quantitative estimate of drug-likeness (QED) is 0.445. The first kappa shape index (κ1) is 19.4. The number of allylic oxidation sites excluding steroid dienone is 4. The van der Waals surface area contributed by atoms with Gasteiger partial charge in [0.1, 0.15) is 0 Å². The Morgan fingerprint density at radius 3 is 1.65 bits per heavy atom. The van der Waals surface area contributed by atoms with E-state index in [4.69, 9.17) is 0 Å². The summed E-state index contributed by atoms with van der Waals surface area (Å²) >= 11 is 0. The first-order valence-electron chi connectivity index (χ1n) is 6.96. The molecule has 0 atom stereocenters. The van der Waals surface area contributed by atoms with Crippen molar-refractivity contribution in [3.05, 3.63) is 59.7 Å². The van der Waals surface area contributed by atoms with Crippen molar-refractivity contribution < 1.29 is 21.7 Å². The van der Waals surface area contributed by atoms with Crippen LogP contribution in [0.5, 0.6) is 0 Å². The van der Waals surface area contributed by atoms with Crippen LogP contribution in [0.15, 0.2) is 36.4 Å². The summed E-state index contributed by atoms with van der Waals surface area (Å²) in [4.78, 5) is 0. The van der Waals surface area contributed by atoms with E-state index in [1.807, 2.05) is 12.2 Å². The van der Waals surface area contributed by atoms with E-state index in [1.54, 1.807) is 0 Å². The minimum atomic E-state index is 0. The second-order valence-corrected chi connectivity index (χ2v) is 6.98. The van der Waals surface area contributed by atoms with Gasteiger partial charge in [-0.05, 0) is 10.8 Å². The molecule has 0 radical (unpaired) electrons. The van der Waals surface area contributed by atoms with Crippen LogP contribution in [-0.2, 0) is 32.5 Å². The Morgan fingerprint density at radius 2 is 1.40 bits per heavy atom. The van der Waals surface area contributed by atoms with Gasteiger partial charge in [-0.1, -0.05) is 41.5 Å². The molecule has 20 heavy (non-hydrogen) atoms. The maximum atomic E-state index is 3.52. The second-order valence-electron chi connectivity index (χ2n) is 6.98. The van der Waals surface area contributed by atoms with Crippen molar-refractivity contribution in [3.8, 4) is 0 Å². The average Bonchev–Trinajstić information content (AvgIpc) is 2.85. The van der Waals surface area contributed by atoms with Crippen LogP contribution in [-0.4, -0.2) is 0 Å². The smallest absolute Gasteiger partial charge is 0.273 e. The molecule has 1 aliphatic carbocycles. The van der Waals surface area contributed by atoms with Gasteiger partial charge in [0, 0.05) is 0 Å². The number of benzene rings is 1. The predicted octanol–water partition coefficient (Wildman–Crippen LogP) is 5.38. The van der Waals surface area contributed by atoms with Crippen LogP contribution in [0.2, 0.25) is 0 Å². The summed E-state index contributed by atoms with van der Waals surface area (Å²) < 4.78 is 0. The topological polar surface area (TPSA) is 0 Å². The van der Waals surface area contributed by atoms with Crippen molar-refractivity contribution in [3.63, 3.8) is 0 Å². The first-order valence-corrected chi connectivity index (χ1v) is 6.96. The summed E-state index contributed by atoms with van der Waals surface area (Å²) in [6.07, 6.45) is 10.0. The predicted molar refractivity (Wildman–Crippen MR) is 84.2 cm³/mol. The van der Waals surface area contributed by atoms with Crippen molar-refractivity contribution in [2.24, 2.45) is 0 Å². The van der Waals surface area contributed by atoms with Crippen molar-refractivity contribution in [2.75, 3.05) is 0 Å². The van der Waals surface area contributed by atoms with Gasteiger partial charge in [0.05, 0.1) is 0 Å². The monoisotopic (exact) mass is 302 g/mol. The molecule has 0 spiro atoms. The van der Waals surface area contributed by atoms with E-state index in [0.29, 0.717) is 0 Å². The average molecular weight is 302 g/mol. The molecular formula is C19H26Ti. The van der Waals surface area contributed by atoms with Crippen molar-refractivity contribution in [1.29, 1.82) is 0 Å². The Balaban J connectivity index is 0.000000507. The summed E-state index contributed by atoms with van der Waals surface area (Å²) in [6.45, 7) is 13.4. The molecule has 0 amide bonds. The van der Waals surface area contributed by atoms with Crippen molar-refractivity contribution in [1.82, 2.24) is 0 Å². The Bertz CT molecular complexity index is 414. The third-order valence-electron chi connectivity index (χ3n) is 3.00. The zero-order valence-electron chi connectivity index (χ0n) is 13.7. The molecule has 106 valence electrons. The first-order chi connectivity index (χ1) is 8.71. The van der Waals surface area contributed by atoms with Crippen LogP contribution in [0.25, 0.3) is 0 Å². The summed E-state index contributed by atoms with van der Waals surface area (Å²) in [5, 5.41) is 0. The minimum absolute atomic E-state index is 0. The number of rotatable bonds is 0. The molecule has 0 saturated carbocycles. The summed E-state index contributed by atoms with van der Waals surface area (Å²) in [5.41, 5.74) is 2.98. The zero-order chi connectivity index (χ0) is 14.5. The molecule has 0 aromatic heterocycles. The van der Waals surface area contributed by atoms with E-state index >= 15 is 0 Å². The van der Waals surface area contributed by atoms with Gasteiger partial charge in [0.2, 0.25) is 0 Å². The van der Waals surface area contributed by atoms with Crippen LogP contribution < -0.4 is 0 Å². The molecule has 0 nitrogen and oxygen atoms in total. The van der Waals surface area contributed by atoms with Crippen LogP contribution in [0, 0.1) is 12.1 Å². The molecule has 0 fully saturated rings. The van der Waals surface area contributed by atoms with Crippen LogP contribution in [0.1, 0.15) is 59.1 Å². The SMILES string of the molecule is CC(C)(C)c1[c-]c(C(C)(C)C)ccc1.[C-]1=CC=CC1.[Ti+2]. The third-order valence-corrected chi connectivity index (χ3v) is 3.00. The molecule has 0 unspecified atom stereocenters. The van der Waals surface area contributed by atoms with Gasteiger partial charge < -0.3 is 0 Å². The molecule has 0 aliphatic heterocycles. The molecule has 2 rings (SSSR count). The van der Waals surface area contributed by atoms with E-state index in [1.165, 1.54) is 11.1 Å².